The Hall–Kier alpha value is -1.20. The number of halogens is 3. The summed E-state index contributed by atoms with van der Waals surface area (Å²) in [6.45, 7) is 13.6. The molecular weight excluding hydrogens is 790 g/mol. The van der Waals surface area contributed by atoms with E-state index in [0.717, 1.165) is 53.0 Å². The average molecular weight is 842 g/mol. The molecule has 0 saturated carbocycles. The third-order valence-electron chi connectivity index (χ3n) is 8.93. The average Bonchev–Trinajstić information content (AvgIpc) is 3.22. The largest absolute Gasteiger partial charge is 0.344 e. The van der Waals surface area contributed by atoms with Gasteiger partial charge in [-0.05, 0) is 113 Å². The fourth-order valence-electron chi connectivity index (χ4n) is 6.56. The molecule has 2 heterocycles. The van der Waals surface area contributed by atoms with Crippen LogP contribution in [0.1, 0.15) is 51.7 Å². The van der Waals surface area contributed by atoms with Crippen molar-refractivity contribution in [1.29, 1.82) is 0 Å². The maximum absolute atomic E-state index is 6.99. The highest BCUT2D eigenvalue weighted by Crippen LogP contribution is 2.48. The van der Waals surface area contributed by atoms with Crippen LogP contribution in [0.4, 0.5) is 11.4 Å². The molecule has 0 amide bonds. The number of anilines is 1. The lowest BCUT2D eigenvalue weighted by atomic mass is 9.81. The molecule has 0 bridgehead atoms. The monoisotopic (exact) mass is 841 g/mol. The van der Waals surface area contributed by atoms with Crippen molar-refractivity contribution in [2.45, 2.75) is 51.4 Å². The van der Waals surface area contributed by atoms with E-state index in [1.165, 1.54) is 41.1 Å². The number of quaternary nitrogens is 2. The second-order valence-electron chi connectivity index (χ2n) is 15.4. The number of nitrogens with zero attached hydrogens (tertiary/aromatic N) is 4. The zero-order valence-corrected chi connectivity index (χ0v) is 33.5. The summed E-state index contributed by atoms with van der Waals surface area (Å²) in [4.78, 5) is 2.52. The number of benzene rings is 2. The summed E-state index contributed by atoms with van der Waals surface area (Å²) in [6, 6.07) is 13.7. The maximum Gasteiger partial charge on any atom is 0.209 e. The van der Waals surface area contributed by atoms with Crippen molar-refractivity contribution >= 4 is 73.9 Å². The van der Waals surface area contributed by atoms with Crippen molar-refractivity contribution in [3.05, 3.63) is 89.7 Å². The Morgan fingerprint density at radius 2 is 1.43 bits per heavy atom. The van der Waals surface area contributed by atoms with Crippen molar-refractivity contribution in [3.63, 3.8) is 0 Å². The molecule has 238 valence electrons. The van der Waals surface area contributed by atoms with Gasteiger partial charge in [0.25, 0.3) is 0 Å². The molecule has 0 fully saturated rings. The predicted molar refractivity (Wildman–Crippen MR) is 208 cm³/mol. The second kappa shape index (κ2) is 13.5. The summed E-state index contributed by atoms with van der Waals surface area (Å²) in [6.07, 6.45) is 10.9. The van der Waals surface area contributed by atoms with E-state index in [1.54, 1.807) is 0 Å². The molecule has 0 spiro atoms. The first-order valence-corrected chi connectivity index (χ1v) is 18.2. The lowest BCUT2D eigenvalue weighted by Crippen LogP contribution is -2.37. The van der Waals surface area contributed by atoms with Gasteiger partial charge in [0.15, 0.2) is 12.3 Å². The molecule has 4 rings (SSSR count). The molecular formula is C37H52ClI2N4+3. The van der Waals surface area contributed by atoms with E-state index in [2.05, 4.69) is 185 Å². The topological polar surface area (TPSA) is 6.25 Å². The molecule has 44 heavy (non-hydrogen) atoms. The van der Waals surface area contributed by atoms with Crippen LogP contribution in [0.25, 0.3) is 0 Å². The molecule has 0 aliphatic carbocycles. The van der Waals surface area contributed by atoms with Gasteiger partial charge >= 0.3 is 0 Å². The van der Waals surface area contributed by atoms with Crippen LogP contribution in [0, 0.1) is 7.14 Å². The van der Waals surface area contributed by atoms with Gasteiger partial charge in [0.2, 0.25) is 5.69 Å². The third kappa shape index (κ3) is 8.20. The van der Waals surface area contributed by atoms with Gasteiger partial charge in [-0.25, -0.2) is 0 Å². The van der Waals surface area contributed by atoms with E-state index in [4.69, 9.17) is 11.6 Å². The van der Waals surface area contributed by atoms with Gasteiger partial charge in [0.05, 0.1) is 67.2 Å². The number of rotatable bonds is 11. The normalized spacial score (nSPS) is 19.0. The van der Waals surface area contributed by atoms with Crippen molar-refractivity contribution < 1.29 is 13.5 Å². The summed E-state index contributed by atoms with van der Waals surface area (Å²) in [5, 5.41) is 0.741. The molecule has 0 atom stereocenters. The Kier molecular flexibility index (Phi) is 10.9. The van der Waals surface area contributed by atoms with Crippen molar-refractivity contribution in [3.8, 4) is 0 Å². The molecule has 2 aliphatic rings. The molecule has 2 aromatic carbocycles. The molecule has 2 aromatic rings. The Labute approximate surface area is 299 Å². The fourth-order valence-corrected chi connectivity index (χ4v) is 7.66. The standard InChI is InChI=1S/C37H52ClI2N4/c1-36(2)30-25-28(39)15-17-32(30)41(21-11-23-43(5,6)7)34(36)19-13-27(38)14-20-35-37(3,4)31-26-29(40)16-18-33(31)42(35)22-12-24-44(8,9)10/h13-20,25-26H,11-12,21-24H2,1-10H3/q+3. The molecule has 7 heteroatoms. The minimum Gasteiger partial charge on any atom is -0.344 e. The molecule has 4 nitrogen and oxygen atoms in total. The molecule has 0 radical (unpaired) electrons. The SMILES string of the molecule is CC1(C)C(=CC=C(Cl)C=CC2=[N+](CCC[N+](C)(C)C)c3ccc(I)cc3C2(C)C)N(CCC[N+](C)(C)C)c2ccc(I)cc21. The first-order valence-electron chi connectivity index (χ1n) is 15.7. The highest BCUT2D eigenvalue weighted by molar-refractivity contribution is 14.1. The van der Waals surface area contributed by atoms with Crippen LogP contribution in [0.5, 0.6) is 0 Å². The smallest absolute Gasteiger partial charge is 0.209 e. The lowest BCUT2D eigenvalue weighted by Gasteiger charge is -2.29. The molecule has 0 saturated heterocycles. The second-order valence-corrected chi connectivity index (χ2v) is 18.4. The van der Waals surface area contributed by atoms with Gasteiger partial charge in [0, 0.05) is 59.6 Å². The summed E-state index contributed by atoms with van der Waals surface area (Å²) < 4.78 is 7.01. The first kappa shape index (κ1) is 35.7. The van der Waals surface area contributed by atoms with E-state index in [1.807, 2.05) is 0 Å². The predicted octanol–water partition coefficient (Wildman–Crippen LogP) is 8.83. The number of hydrogen-bond acceptors (Lipinski definition) is 1. The van der Waals surface area contributed by atoms with Gasteiger partial charge in [-0.1, -0.05) is 25.4 Å². The van der Waals surface area contributed by atoms with E-state index < -0.39 is 0 Å². The van der Waals surface area contributed by atoms with Crippen LogP contribution in [0.15, 0.2) is 71.4 Å². The zero-order valence-electron chi connectivity index (χ0n) is 28.4. The van der Waals surface area contributed by atoms with E-state index in [-0.39, 0.29) is 10.8 Å². The van der Waals surface area contributed by atoms with Crippen LogP contribution in [0.3, 0.4) is 0 Å². The van der Waals surface area contributed by atoms with Crippen molar-refractivity contribution in [2.75, 3.05) is 73.4 Å². The van der Waals surface area contributed by atoms with Crippen LogP contribution < -0.4 is 4.90 Å². The molecule has 0 aromatic heterocycles. The van der Waals surface area contributed by atoms with E-state index >= 15 is 0 Å². The summed E-state index contributed by atoms with van der Waals surface area (Å²) in [5.41, 5.74) is 7.83. The van der Waals surface area contributed by atoms with Crippen LogP contribution >= 0.6 is 56.8 Å². The van der Waals surface area contributed by atoms with E-state index in [9.17, 15) is 0 Å². The van der Waals surface area contributed by atoms with Crippen molar-refractivity contribution in [2.24, 2.45) is 0 Å². The Balaban J connectivity index is 1.67. The zero-order chi connectivity index (χ0) is 32.7. The first-order chi connectivity index (χ1) is 20.3. The Morgan fingerprint density at radius 1 is 0.841 bits per heavy atom. The van der Waals surface area contributed by atoms with Gasteiger partial charge in [-0.15, -0.1) is 0 Å². The van der Waals surface area contributed by atoms with Gasteiger partial charge in [-0.3, -0.25) is 0 Å². The number of fused-ring (bicyclic) bond motifs is 2. The van der Waals surface area contributed by atoms with Crippen molar-refractivity contribution in [1.82, 2.24) is 0 Å². The Morgan fingerprint density at radius 3 is 2.07 bits per heavy atom. The quantitative estimate of drug-likeness (QED) is 0.0950. The number of allylic oxidation sites excluding steroid dienone is 6. The van der Waals surface area contributed by atoms with Crippen LogP contribution in [-0.4, -0.2) is 87.7 Å². The Bertz CT molecular complexity index is 1520. The molecule has 2 aliphatic heterocycles. The number of hydrogen-bond donors (Lipinski definition) is 0. The fraction of sp³-hybridized carbons (Fsp3) is 0.486. The highest BCUT2D eigenvalue weighted by Gasteiger charge is 2.44. The van der Waals surface area contributed by atoms with Gasteiger partial charge in [-0.2, -0.15) is 4.58 Å². The summed E-state index contributed by atoms with van der Waals surface area (Å²) in [5.74, 6) is 0. The third-order valence-corrected chi connectivity index (χ3v) is 10.5. The summed E-state index contributed by atoms with van der Waals surface area (Å²) in [7, 11) is 13.6. The molecule has 0 unspecified atom stereocenters. The minimum absolute atomic E-state index is 0.103. The summed E-state index contributed by atoms with van der Waals surface area (Å²) >= 11 is 11.9. The maximum atomic E-state index is 6.99. The molecule has 0 N–H and O–H groups in total. The highest BCUT2D eigenvalue weighted by atomic mass is 127. The van der Waals surface area contributed by atoms with Gasteiger partial charge in [0.1, 0.15) is 0 Å². The lowest BCUT2D eigenvalue weighted by molar-refractivity contribution is -0.871. The van der Waals surface area contributed by atoms with Crippen LogP contribution in [-0.2, 0) is 10.8 Å². The van der Waals surface area contributed by atoms with E-state index in [0.29, 0.717) is 0 Å². The minimum atomic E-state index is -0.103. The van der Waals surface area contributed by atoms with Crippen LogP contribution in [0.2, 0.25) is 0 Å². The van der Waals surface area contributed by atoms with Gasteiger partial charge < -0.3 is 13.9 Å².